The Morgan fingerprint density at radius 3 is 3.03 bits per heavy atom. The molecule has 1 saturated heterocycles. The number of fused-ring (bicyclic) bond motifs is 1. The van der Waals surface area contributed by atoms with Crippen LogP contribution in [0.25, 0.3) is 11.7 Å². The predicted octanol–water partition coefficient (Wildman–Crippen LogP) is 3.66. The van der Waals surface area contributed by atoms with Gasteiger partial charge < -0.3 is 15.0 Å². The maximum atomic E-state index is 13.0. The number of H-pyrrole nitrogens is 1. The quantitative estimate of drug-likeness (QED) is 0.434. The molecule has 0 spiro atoms. The molecule has 1 fully saturated rings. The van der Waals surface area contributed by atoms with Gasteiger partial charge in [0.15, 0.2) is 11.5 Å². The van der Waals surface area contributed by atoms with Gasteiger partial charge in [-0.3, -0.25) is 9.89 Å². The fourth-order valence-corrected chi connectivity index (χ4v) is 4.34. The van der Waals surface area contributed by atoms with Crippen molar-refractivity contribution in [1.82, 2.24) is 29.8 Å². The minimum Gasteiger partial charge on any atom is -0.481 e. The van der Waals surface area contributed by atoms with Crippen molar-refractivity contribution in [3.05, 3.63) is 65.8 Å². The van der Waals surface area contributed by atoms with Crippen LogP contribution in [0.4, 0.5) is 11.6 Å². The van der Waals surface area contributed by atoms with Crippen LogP contribution in [0.1, 0.15) is 53.0 Å². The number of amides is 1. The number of aromatic amines is 1. The number of hydrogen-bond acceptors (Lipinski definition) is 7. The van der Waals surface area contributed by atoms with E-state index in [2.05, 4.69) is 43.1 Å². The van der Waals surface area contributed by atoms with Gasteiger partial charge in [0.2, 0.25) is 5.88 Å². The first kappa shape index (κ1) is 21.6. The fraction of sp³-hybridized carbons (Fsp3) is 0.292. The molecule has 1 aliphatic heterocycles. The van der Waals surface area contributed by atoms with Crippen molar-refractivity contribution in [1.29, 1.82) is 0 Å². The largest absolute Gasteiger partial charge is 0.481 e. The van der Waals surface area contributed by atoms with E-state index in [1.807, 2.05) is 25.3 Å². The maximum absolute atomic E-state index is 13.0. The molecule has 0 aromatic carbocycles. The molecule has 1 amide bonds. The number of ether oxygens (including phenoxy) is 1. The molecule has 0 aliphatic carbocycles. The average Bonchev–Trinajstić information content (AvgIpc) is 3.62. The number of aryl methyl sites for hydroxylation is 1. The number of methoxy groups -OCH3 is 1. The third-order valence-electron chi connectivity index (χ3n) is 6.09. The molecule has 4 aromatic heterocycles. The van der Waals surface area contributed by atoms with Crippen molar-refractivity contribution in [2.24, 2.45) is 0 Å². The molecular formula is C24H26N8O2. The van der Waals surface area contributed by atoms with Crippen molar-refractivity contribution in [3.8, 4) is 5.88 Å². The van der Waals surface area contributed by atoms with Gasteiger partial charge >= 0.3 is 0 Å². The molecule has 0 radical (unpaired) electrons. The van der Waals surface area contributed by atoms with Gasteiger partial charge in [-0.1, -0.05) is 19.6 Å². The van der Waals surface area contributed by atoms with Crippen molar-refractivity contribution < 1.29 is 9.53 Å². The zero-order chi connectivity index (χ0) is 23.7. The number of nitrogens with one attached hydrogen (secondary N) is 2. The fourth-order valence-electron chi connectivity index (χ4n) is 4.34. The van der Waals surface area contributed by atoms with Crippen LogP contribution in [0.15, 0.2) is 43.4 Å². The summed E-state index contributed by atoms with van der Waals surface area (Å²) in [6.45, 7) is 6.71. The molecule has 0 saturated carbocycles. The topological polar surface area (TPSA) is 113 Å². The van der Waals surface area contributed by atoms with Crippen molar-refractivity contribution in [3.63, 3.8) is 0 Å². The molecule has 0 bridgehead atoms. The van der Waals surface area contributed by atoms with Gasteiger partial charge in [0.25, 0.3) is 5.91 Å². The second-order valence-electron chi connectivity index (χ2n) is 8.12. The Morgan fingerprint density at radius 2 is 2.26 bits per heavy atom. The van der Waals surface area contributed by atoms with Gasteiger partial charge in [-0.15, -0.1) is 0 Å². The maximum Gasteiger partial charge on any atom is 0.262 e. The third kappa shape index (κ3) is 3.87. The molecule has 1 unspecified atom stereocenters. The molecule has 5 heterocycles. The summed E-state index contributed by atoms with van der Waals surface area (Å²) in [5, 5.41) is 14.2. The van der Waals surface area contributed by atoms with Crippen LogP contribution in [0.3, 0.4) is 0 Å². The molecule has 1 aliphatic rings. The van der Waals surface area contributed by atoms with Crippen molar-refractivity contribution in [2.45, 2.75) is 32.2 Å². The third-order valence-corrected chi connectivity index (χ3v) is 6.09. The second-order valence-corrected chi connectivity index (χ2v) is 8.12. The summed E-state index contributed by atoms with van der Waals surface area (Å²) in [4.78, 5) is 24.5. The second kappa shape index (κ2) is 8.97. The lowest BCUT2D eigenvalue weighted by atomic mass is 10.0. The standard InChI is InChI=1S/C24H26N8O2/c1-4-15-11-17(24(34-3)25-13-15)19-7-6-9-31(19)21-8-10-32-22(28-21)18(14-26-32)23(33)27-20-12-16(5-2)29-30-20/h4,8,10-14,19H,1,5-7,9H2,2-3H3,(H2,27,29,30,33). The Balaban J connectivity index is 1.47. The number of pyridine rings is 1. The molecule has 5 rings (SSSR count). The first-order valence-electron chi connectivity index (χ1n) is 11.2. The Morgan fingerprint density at radius 1 is 1.38 bits per heavy atom. The highest BCUT2D eigenvalue weighted by Crippen LogP contribution is 2.39. The zero-order valence-corrected chi connectivity index (χ0v) is 19.2. The zero-order valence-electron chi connectivity index (χ0n) is 19.2. The van der Waals surface area contributed by atoms with Crippen LogP contribution in [0, 0.1) is 0 Å². The summed E-state index contributed by atoms with van der Waals surface area (Å²) >= 11 is 0. The van der Waals surface area contributed by atoms with E-state index in [1.165, 1.54) is 6.20 Å². The Hall–Kier alpha value is -4.21. The lowest BCUT2D eigenvalue weighted by Gasteiger charge is -2.27. The first-order chi connectivity index (χ1) is 16.6. The number of carbonyl (C=O) groups is 1. The highest BCUT2D eigenvalue weighted by molar-refractivity contribution is 6.07. The summed E-state index contributed by atoms with van der Waals surface area (Å²) in [5.41, 5.74) is 3.74. The van der Waals surface area contributed by atoms with E-state index in [4.69, 9.17) is 9.72 Å². The minimum absolute atomic E-state index is 0.0500. The number of rotatable bonds is 7. The van der Waals surface area contributed by atoms with Crippen LogP contribution < -0.4 is 15.0 Å². The number of carbonyl (C=O) groups excluding carboxylic acids is 1. The van der Waals surface area contributed by atoms with Gasteiger partial charge in [0.05, 0.1) is 19.3 Å². The van der Waals surface area contributed by atoms with E-state index in [1.54, 1.807) is 23.9 Å². The Labute approximate surface area is 196 Å². The van der Waals surface area contributed by atoms with Crippen LogP contribution in [0.2, 0.25) is 0 Å². The number of nitrogens with zero attached hydrogens (tertiary/aromatic N) is 6. The summed E-state index contributed by atoms with van der Waals surface area (Å²) < 4.78 is 7.15. The summed E-state index contributed by atoms with van der Waals surface area (Å²) in [6, 6.07) is 5.84. The molecule has 1 atom stereocenters. The van der Waals surface area contributed by atoms with Gasteiger partial charge in [-0.2, -0.15) is 10.2 Å². The summed E-state index contributed by atoms with van der Waals surface area (Å²) in [6.07, 6.45) is 9.62. The summed E-state index contributed by atoms with van der Waals surface area (Å²) in [7, 11) is 1.63. The molecule has 2 N–H and O–H groups in total. The Bertz CT molecular complexity index is 1360. The predicted molar refractivity (Wildman–Crippen MR) is 129 cm³/mol. The number of hydrogen-bond donors (Lipinski definition) is 2. The smallest absolute Gasteiger partial charge is 0.262 e. The highest BCUT2D eigenvalue weighted by Gasteiger charge is 2.31. The molecule has 34 heavy (non-hydrogen) atoms. The van der Waals surface area contributed by atoms with Gasteiger partial charge in [0, 0.05) is 36.3 Å². The summed E-state index contributed by atoms with van der Waals surface area (Å²) in [5.74, 6) is 1.53. The van der Waals surface area contributed by atoms with Crippen LogP contribution in [0.5, 0.6) is 5.88 Å². The van der Waals surface area contributed by atoms with Gasteiger partial charge in [-0.25, -0.2) is 14.5 Å². The molecule has 10 nitrogen and oxygen atoms in total. The van der Waals surface area contributed by atoms with Gasteiger partial charge in [-0.05, 0) is 37.0 Å². The van der Waals surface area contributed by atoms with E-state index >= 15 is 0 Å². The monoisotopic (exact) mass is 458 g/mol. The first-order valence-corrected chi connectivity index (χ1v) is 11.2. The molecule has 174 valence electrons. The molecule has 4 aromatic rings. The molecule has 10 heteroatoms. The van der Waals surface area contributed by atoms with E-state index in [9.17, 15) is 4.79 Å². The van der Waals surface area contributed by atoms with Crippen LogP contribution >= 0.6 is 0 Å². The Kier molecular flexibility index (Phi) is 5.70. The minimum atomic E-state index is -0.309. The van der Waals surface area contributed by atoms with E-state index in [-0.39, 0.29) is 11.9 Å². The van der Waals surface area contributed by atoms with Crippen molar-refractivity contribution >= 4 is 29.3 Å². The lowest BCUT2D eigenvalue weighted by molar-refractivity contribution is 0.102. The normalized spacial score (nSPS) is 15.6. The highest BCUT2D eigenvalue weighted by atomic mass is 16.5. The van der Waals surface area contributed by atoms with Gasteiger partial charge in [0.1, 0.15) is 11.4 Å². The van der Waals surface area contributed by atoms with E-state index < -0.39 is 0 Å². The van der Waals surface area contributed by atoms with Crippen molar-refractivity contribution in [2.75, 3.05) is 23.9 Å². The van der Waals surface area contributed by atoms with E-state index in [0.29, 0.717) is 22.9 Å². The number of aromatic nitrogens is 6. The lowest BCUT2D eigenvalue weighted by Crippen LogP contribution is -2.24. The molecular weight excluding hydrogens is 432 g/mol. The average molecular weight is 459 g/mol. The van der Waals surface area contributed by atoms with E-state index in [0.717, 1.165) is 48.4 Å². The SMILES string of the molecule is C=Cc1cnc(OC)c(C2CCCN2c2ccn3ncc(C(=O)Nc4cc(CC)[nH]n4)c3n2)c1. The van der Waals surface area contributed by atoms with Crippen LogP contribution in [-0.2, 0) is 6.42 Å². The number of anilines is 2. The van der Waals surface area contributed by atoms with Crippen LogP contribution in [-0.4, -0.2) is 49.3 Å².